The quantitative estimate of drug-likeness (QED) is 0.673. The zero-order valence-corrected chi connectivity index (χ0v) is 14.4. The summed E-state index contributed by atoms with van der Waals surface area (Å²) in [5, 5.41) is 14.1. The highest BCUT2D eigenvalue weighted by molar-refractivity contribution is 6.31. The molecule has 0 unspecified atom stereocenters. The van der Waals surface area contributed by atoms with Crippen molar-refractivity contribution in [3.8, 4) is 5.75 Å². The second-order valence-corrected chi connectivity index (χ2v) is 5.48. The molecule has 0 aliphatic rings. The van der Waals surface area contributed by atoms with Crippen LogP contribution in [0.1, 0.15) is 10.4 Å². The molecular weight excluding hydrogens is 360 g/mol. The molecule has 134 valence electrons. The number of carbonyl (C=O) groups is 3. The van der Waals surface area contributed by atoms with E-state index in [0.29, 0.717) is 22.1 Å². The van der Waals surface area contributed by atoms with Gasteiger partial charge in [-0.15, -0.1) is 0 Å². The summed E-state index contributed by atoms with van der Waals surface area (Å²) in [5.74, 6) is -1.83. The van der Waals surface area contributed by atoms with Crippen molar-refractivity contribution in [2.45, 2.75) is 0 Å². The van der Waals surface area contributed by atoms with Crippen LogP contribution >= 0.6 is 11.6 Å². The molecule has 2 amide bonds. The summed E-state index contributed by atoms with van der Waals surface area (Å²) in [6.07, 6.45) is 1.60. The van der Waals surface area contributed by atoms with Gasteiger partial charge < -0.3 is 20.5 Å². The first-order valence-electron chi connectivity index (χ1n) is 7.36. The predicted molar refractivity (Wildman–Crippen MR) is 97.8 cm³/mol. The summed E-state index contributed by atoms with van der Waals surface area (Å²) in [6, 6.07) is 11.0. The molecule has 8 heteroatoms. The fourth-order valence-corrected chi connectivity index (χ4v) is 2.21. The minimum atomic E-state index is -1.23. The Balaban J connectivity index is 2.14. The Morgan fingerprint density at radius 2 is 1.85 bits per heavy atom. The van der Waals surface area contributed by atoms with Crippen LogP contribution in [-0.2, 0) is 9.59 Å². The fraction of sp³-hybridized carbons (Fsp3) is 0.0556. The molecule has 0 heterocycles. The molecule has 0 aliphatic carbocycles. The SMILES string of the molecule is COc1ccc(Cl)cc1NC(=O)c1cccc(NC(=O)C=CC(=O)O)c1. The largest absolute Gasteiger partial charge is 0.495 e. The van der Waals surface area contributed by atoms with Crippen LogP contribution in [0.2, 0.25) is 5.02 Å². The van der Waals surface area contributed by atoms with Gasteiger partial charge in [0.25, 0.3) is 5.91 Å². The number of carboxylic acid groups (broad SMARTS) is 1. The number of amides is 2. The van der Waals surface area contributed by atoms with Gasteiger partial charge in [-0.2, -0.15) is 0 Å². The minimum Gasteiger partial charge on any atom is -0.495 e. The van der Waals surface area contributed by atoms with Crippen molar-refractivity contribution in [3.63, 3.8) is 0 Å². The number of carbonyl (C=O) groups excluding carboxylic acids is 2. The van der Waals surface area contributed by atoms with Crippen LogP contribution < -0.4 is 15.4 Å². The van der Waals surface area contributed by atoms with E-state index in [1.807, 2.05) is 0 Å². The van der Waals surface area contributed by atoms with E-state index >= 15 is 0 Å². The third kappa shape index (κ3) is 5.35. The third-order valence-corrected chi connectivity index (χ3v) is 3.41. The predicted octanol–water partition coefficient (Wildman–Crippen LogP) is 3.18. The molecule has 0 spiro atoms. The monoisotopic (exact) mass is 374 g/mol. The molecule has 2 aromatic carbocycles. The zero-order valence-electron chi connectivity index (χ0n) is 13.7. The smallest absolute Gasteiger partial charge is 0.328 e. The number of ether oxygens (including phenoxy) is 1. The van der Waals surface area contributed by atoms with E-state index in [9.17, 15) is 14.4 Å². The first-order chi connectivity index (χ1) is 12.4. The van der Waals surface area contributed by atoms with Crippen molar-refractivity contribution in [2.75, 3.05) is 17.7 Å². The number of carboxylic acids is 1. The molecule has 3 N–H and O–H groups in total. The maximum atomic E-state index is 12.4. The van der Waals surface area contributed by atoms with Gasteiger partial charge in [0, 0.05) is 28.4 Å². The van der Waals surface area contributed by atoms with Crippen molar-refractivity contribution < 1.29 is 24.2 Å². The molecule has 0 aliphatic heterocycles. The highest BCUT2D eigenvalue weighted by Gasteiger charge is 2.11. The van der Waals surface area contributed by atoms with Gasteiger partial charge in [-0.25, -0.2) is 4.79 Å². The van der Waals surface area contributed by atoms with Crippen molar-refractivity contribution in [2.24, 2.45) is 0 Å². The average molecular weight is 375 g/mol. The third-order valence-electron chi connectivity index (χ3n) is 3.18. The number of halogens is 1. The molecule has 0 aromatic heterocycles. The zero-order chi connectivity index (χ0) is 19.1. The van der Waals surface area contributed by atoms with Crippen molar-refractivity contribution in [1.29, 1.82) is 0 Å². The van der Waals surface area contributed by atoms with E-state index in [-0.39, 0.29) is 5.56 Å². The molecule has 26 heavy (non-hydrogen) atoms. The van der Waals surface area contributed by atoms with Gasteiger partial charge in [0.05, 0.1) is 12.8 Å². The van der Waals surface area contributed by atoms with Gasteiger partial charge in [0.1, 0.15) is 5.75 Å². The first-order valence-corrected chi connectivity index (χ1v) is 7.74. The summed E-state index contributed by atoms with van der Waals surface area (Å²) in [5.41, 5.74) is 1.03. The second-order valence-electron chi connectivity index (χ2n) is 5.04. The Bertz CT molecular complexity index is 880. The molecule has 2 aromatic rings. The van der Waals surface area contributed by atoms with Crippen LogP contribution in [0, 0.1) is 0 Å². The van der Waals surface area contributed by atoms with Crippen molar-refractivity contribution in [3.05, 3.63) is 65.2 Å². The highest BCUT2D eigenvalue weighted by Crippen LogP contribution is 2.28. The lowest BCUT2D eigenvalue weighted by Crippen LogP contribution is -2.14. The van der Waals surface area contributed by atoms with Gasteiger partial charge >= 0.3 is 5.97 Å². The van der Waals surface area contributed by atoms with Gasteiger partial charge in [-0.1, -0.05) is 17.7 Å². The molecule has 7 nitrogen and oxygen atoms in total. The molecule has 0 bridgehead atoms. The van der Waals surface area contributed by atoms with E-state index in [2.05, 4.69) is 10.6 Å². The lowest BCUT2D eigenvalue weighted by molar-refractivity contribution is -0.131. The molecule has 2 rings (SSSR count). The normalized spacial score (nSPS) is 10.4. The molecule has 0 radical (unpaired) electrons. The Hall–Kier alpha value is -3.32. The molecular formula is C18H15ClN2O5. The summed E-state index contributed by atoms with van der Waals surface area (Å²) >= 11 is 5.94. The second kappa shape index (κ2) is 8.68. The standard InChI is InChI=1S/C18H15ClN2O5/c1-26-15-6-5-12(19)10-14(15)21-18(25)11-3-2-4-13(9-11)20-16(22)7-8-17(23)24/h2-10H,1H3,(H,20,22)(H,21,25)(H,23,24). The number of benzene rings is 2. The number of rotatable bonds is 6. The van der Waals surface area contributed by atoms with Crippen LogP contribution in [0.3, 0.4) is 0 Å². The fourth-order valence-electron chi connectivity index (χ4n) is 2.04. The van der Waals surface area contributed by atoms with Gasteiger partial charge in [-0.05, 0) is 36.4 Å². The first kappa shape index (κ1) is 19.0. The van der Waals surface area contributed by atoms with E-state index < -0.39 is 17.8 Å². The van der Waals surface area contributed by atoms with Crippen LogP contribution in [-0.4, -0.2) is 30.0 Å². The van der Waals surface area contributed by atoms with Crippen molar-refractivity contribution >= 4 is 40.8 Å². The summed E-state index contributed by atoms with van der Waals surface area (Å²) < 4.78 is 5.17. The molecule has 0 atom stereocenters. The average Bonchev–Trinajstić information content (AvgIpc) is 2.60. The Morgan fingerprint density at radius 1 is 1.08 bits per heavy atom. The molecule has 0 saturated carbocycles. The van der Waals surface area contributed by atoms with E-state index in [1.165, 1.54) is 13.2 Å². The maximum Gasteiger partial charge on any atom is 0.328 e. The molecule has 0 saturated heterocycles. The number of anilines is 2. The summed E-state index contributed by atoms with van der Waals surface area (Å²) in [6.45, 7) is 0. The number of hydrogen-bond acceptors (Lipinski definition) is 4. The van der Waals surface area contributed by atoms with Crippen LogP contribution in [0.5, 0.6) is 5.75 Å². The highest BCUT2D eigenvalue weighted by atomic mass is 35.5. The lowest BCUT2D eigenvalue weighted by atomic mass is 10.1. The Kier molecular flexibility index (Phi) is 6.35. The lowest BCUT2D eigenvalue weighted by Gasteiger charge is -2.11. The van der Waals surface area contributed by atoms with Crippen LogP contribution in [0.4, 0.5) is 11.4 Å². The summed E-state index contributed by atoms with van der Waals surface area (Å²) in [4.78, 5) is 34.5. The maximum absolute atomic E-state index is 12.4. The van der Waals surface area contributed by atoms with E-state index in [4.69, 9.17) is 21.4 Å². The topological polar surface area (TPSA) is 105 Å². The van der Waals surface area contributed by atoms with Crippen LogP contribution in [0.15, 0.2) is 54.6 Å². The van der Waals surface area contributed by atoms with Crippen LogP contribution in [0.25, 0.3) is 0 Å². The number of methoxy groups -OCH3 is 1. The Morgan fingerprint density at radius 3 is 2.54 bits per heavy atom. The van der Waals surface area contributed by atoms with Gasteiger partial charge in [0.2, 0.25) is 5.91 Å². The Labute approximate surface area is 154 Å². The molecule has 0 fully saturated rings. The van der Waals surface area contributed by atoms with Gasteiger partial charge in [0.15, 0.2) is 0 Å². The minimum absolute atomic E-state index is 0.284. The summed E-state index contributed by atoms with van der Waals surface area (Å²) in [7, 11) is 1.47. The van der Waals surface area contributed by atoms with E-state index in [1.54, 1.807) is 36.4 Å². The number of nitrogens with one attached hydrogen (secondary N) is 2. The number of aliphatic carboxylic acids is 1. The van der Waals surface area contributed by atoms with Gasteiger partial charge in [-0.3, -0.25) is 9.59 Å². The number of hydrogen-bond donors (Lipinski definition) is 3. The van der Waals surface area contributed by atoms with Crippen molar-refractivity contribution in [1.82, 2.24) is 0 Å². The van der Waals surface area contributed by atoms with E-state index in [0.717, 1.165) is 12.2 Å².